The van der Waals surface area contributed by atoms with Crippen LogP contribution >= 0.6 is 22.6 Å². The maximum absolute atomic E-state index is 12.8. The number of ether oxygens (including phenoxy) is 1. The molecule has 3 rings (SSSR count). The second-order valence-corrected chi connectivity index (χ2v) is 6.84. The highest BCUT2D eigenvalue weighted by atomic mass is 127. The Labute approximate surface area is 128 Å². The summed E-state index contributed by atoms with van der Waals surface area (Å²) in [5.74, 6) is 1.40. The summed E-state index contributed by atoms with van der Waals surface area (Å²) >= 11 is 2.30. The van der Waals surface area contributed by atoms with Gasteiger partial charge >= 0.3 is 0 Å². The first-order valence-electron chi connectivity index (χ1n) is 7.25. The van der Waals surface area contributed by atoms with Crippen LogP contribution in [0, 0.1) is 9.49 Å². The molecule has 0 unspecified atom stereocenters. The van der Waals surface area contributed by atoms with Crippen LogP contribution in [-0.2, 0) is 6.42 Å². The molecular weight excluding hydrogens is 351 g/mol. The maximum atomic E-state index is 12.8. The third-order valence-corrected chi connectivity index (χ3v) is 4.86. The van der Waals surface area contributed by atoms with Gasteiger partial charge in [-0.05, 0) is 53.1 Å². The Morgan fingerprint density at radius 2 is 1.89 bits per heavy atom. The predicted molar refractivity (Wildman–Crippen MR) is 83.9 cm³/mol. The van der Waals surface area contributed by atoms with Crippen molar-refractivity contribution < 1.29 is 9.53 Å². The second-order valence-electron chi connectivity index (χ2n) is 5.59. The minimum absolute atomic E-state index is 0.217. The first kappa shape index (κ1) is 13.4. The minimum atomic E-state index is 0.217. The first-order valence-corrected chi connectivity index (χ1v) is 8.33. The van der Waals surface area contributed by atoms with Gasteiger partial charge in [-0.1, -0.05) is 25.7 Å². The van der Waals surface area contributed by atoms with Gasteiger partial charge in [0.2, 0.25) is 0 Å². The topological polar surface area (TPSA) is 26.3 Å². The number of hydrogen-bond acceptors (Lipinski definition) is 2. The fourth-order valence-corrected chi connectivity index (χ4v) is 3.90. The van der Waals surface area contributed by atoms with Crippen LogP contribution in [-0.4, -0.2) is 12.4 Å². The lowest BCUT2D eigenvalue weighted by Gasteiger charge is -2.15. The van der Waals surface area contributed by atoms with Crippen LogP contribution in [0.15, 0.2) is 12.1 Å². The van der Waals surface area contributed by atoms with Gasteiger partial charge in [0.15, 0.2) is 5.78 Å². The van der Waals surface area contributed by atoms with Crippen LogP contribution < -0.4 is 4.74 Å². The molecule has 1 aliphatic carbocycles. The molecule has 0 radical (unpaired) electrons. The third-order valence-electron chi connectivity index (χ3n) is 4.24. The molecule has 0 spiro atoms. The lowest BCUT2D eigenvalue weighted by atomic mass is 9.90. The molecule has 2 aliphatic rings. The molecule has 1 aliphatic heterocycles. The summed E-state index contributed by atoms with van der Waals surface area (Å²) < 4.78 is 6.86. The number of ketones is 1. The SMILES string of the molecule is O=C(c1cc(I)cc2c1OCC2)C1CCCCCC1. The molecule has 0 atom stereocenters. The zero-order chi connectivity index (χ0) is 13.2. The fraction of sp³-hybridized carbons (Fsp3) is 0.562. The number of halogens is 1. The van der Waals surface area contributed by atoms with Crippen molar-refractivity contribution in [3.63, 3.8) is 0 Å². The smallest absolute Gasteiger partial charge is 0.169 e. The molecule has 1 saturated carbocycles. The van der Waals surface area contributed by atoms with Gasteiger partial charge in [0.25, 0.3) is 0 Å². The van der Waals surface area contributed by atoms with Crippen LogP contribution in [0.4, 0.5) is 0 Å². The van der Waals surface area contributed by atoms with Gasteiger partial charge in [0.1, 0.15) is 5.75 Å². The molecule has 0 saturated heterocycles. The van der Waals surface area contributed by atoms with E-state index in [-0.39, 0.29) is 5.92 Å². The van der Waals surface area contributed by atoms with E-state index in [2.05, 4.69) is 28.7 Å². The average molecular weight is 370 g/mol. The standard InChI is InChI=1S/C16H19IO2/c17-13-9-12-7-8-19-16(12)14(10-13)15(18)11-5-3-1-2-4-6-11/h9-11H,1-8H2. The maximum Gasteiger partial charge on any atom is 0.169 e. The van der Waals surface area contributed by atoms with Crippen molar-refractivity contribution in [1.82, 2.24) is 0 Å². The third kappa shape index (κ3) is 2.81. The van der Waals surface area contributed by atoms with Crippen LogP contribution in [0.5, 0.6) is 5.75 Å². The number of carbonyl (C=O) groups is 1. The molecule has 1 fully saturated rings. The Bertz CT molecular complexity index is 488. The molecule has 0 bridgehead atoms. The minimum Gasteiger partial charge on any atom is -0.492 e. The molecule has 1 aromatic rings. The zero-order valence-electron chi connectivity index (χ0n) is 11.1. The number of hydrogen-bond donors (Lipinski definition) is 0. The Morgan fingerprint density at radius 1 is 1.16 bits per heavy atom. The quantitative estimate of drug-likeness (QED) is 0.439. The average Bonchev–Trinajstić information content (AvgIpc) is 2.70. The molecule has 0 amide bonds. The first-order chi connectivity index (χ1) is 9.25. The van der Waals surface area contributed by atoms with Gasteiger partial charge in [-0.2, -0.15) is 0 Å². The van der Waals surface area contributed by atoms with Gasteiger partial charge in [-0.15, -0.1) is 0 Å². The summed E-state index contributed by atoms with van der Waals surface area (Å²) in [5.41, 5.74) is 2.05. The monoisotopic (exact) mass is 370 g/mol. The number of fused-ring (bicyclic) bond motifs is 1. The lowest BCUT2D eigenvalue weighted by molar-refractivity contribution is 0.0904. The molecule has 0 N–H and O–H groups in total. The summed E-state index contributed by atoms with van der Waals surface area (Å²) in [6, 6.07) is 4.16. The number of benzene rings is 1. The molecule has 2 nitrogen and oxygen atoms in total. The van der Waals surface area contributed by atoms with E-state index < -0.39 is 0 Å². The van der Waals surface area contributed by atoms with Crippen molar-refractivity contribution in [2.45, 2.75) is 44.9 Å². The highest BCUT2D eigenvalue weighted by molar-refractivity contribution is 14.1. The Hall–Kier alpha value is -0.580. The van der Waals surface area contributed by atoms with Crippen LogP contribution in [0.25, 0.3) is 0 Å². The van der Waals surface area contributed by atoms with Crippen molar-refractivity contribution in [3.05, 3.63) is 26.8 Å². The molecule has 102 valence electrons. The van der Waals surface area contributed by atoms with Gasteiger partial charge in [-0.3, -0.25) is 4.79 Å². The molecule has 0 aromatic heterocycles. The van der Waals surface area contributed by atoms with Crippen LogP contribution in [0.1, 0.15) is 54.4 Å². The summed E-state index contributed by atoms with van der Waals surface area (Å²) in [4.78, 5) is 12.8. The number of Topliss-reactive ketones (excluding diaryl/α,β-unsaturated/α-hetero) is 1. The number of carbonyl (C=O) groups excluding carboxylic acids is 1. The highest BCUT2D eigenvalue weighted by Gasteiger charge is 2.27. The summed E-state index contributed by atoms with van der Waals surface area (Å²) in [5, 5.41) is 0. The molecule has 19 heavy (non-hydrogen) atoms. The largest absolute Gasteiger partial charge is 0.492 e. The predicted octanol–water partition coefficient (Wildman–Crippen LogP) is 4.38. The van der Waals surface area contributed by atoms with Crippen molar-refractivity contribution >= 4 is 28.4 Å². The van der Waals surface area contributed by atoms with Gasteiger partial charge < -0.3 is 4.74 Å². The fourth-order valence-electron chi connectivity index (χ4n) is 3.21. The van der Waals surface area contributed by atoms with E-state index in [1.54, 1.807) is 0 Å². The van der Waals surface area contributed by atoms with Crippen LogP contribution in [0.3, 0.4) is 0 Å². The van der Waals surface area contributed by atoms with E-state index in [9.17, 15) is 4.79 Å². The summed E-state index contributed by atoms with van der Waals surface area (Å²) in [6.45, 7) is 0.723. The van der Waals surface area contributed by atoms with E-state index in [1.807, 2.05) is 6.07 Å². The molecular formula is C16H19IO2. The highest BCUT2D eigenvalue weighted by Crippen LogP contribution is 2.35. The molecule has 3 heteroatoms. The molecule has 1 heterocycles. The normalized spacial score (nSPS) is 19.6. The van der Waals surface area contributed by atoms with Crippen molar-refractivity contribution in [1.29, 1.82) is 0 Å². The van der Waals surface area contributed by atoms with E-state index in [1.165, 1.54) is 31.2 Å². The van der Waals surface area contributed by atoms with Crippen molar-refractivity contribution in [3.8, 4) is 5.75 Å². The Kier molecular flexibility index (Phi) is 4.10. The lowest BCUT2D eigenvalue weighted by Crippen LogP contribution is -2.15. The van der Waals surface area contributed by atoms with Crippen molar-refractivity contribution in [2.24, 2.45) is 5.92 Å². The van der Waals surface area contributed by atoms with Crippen LogP contribution in [0.2, 0.25) is 0 Å². The van der Waals surface area contributed by atoms with Gasteiger partial charge in [0.05, 0.1) is 12.2 Å². The van der Waals surface area contributed by atoms with Crippen molar-refractivity contribution in [2.75, 3.05) is 6.61 Å². The zero-order valence-corrected chi connectivity index (χ0v) is 13.2. The van der Waals surface area contributed by atoms with E-state index in [4.69, 9.17) is 4.74 Å². The molecule has 1 aromatic carbocycles. The Balaban J connectivity index is 1.90. The van der Waals surface area contributed by atoms with E-state index in [0.29, 0.717) is 5.78 Å². The second kappa shape index (κ2) is 5.81. The van der Waals surface area contributed by atoms with E-state index in [0.717, 1.165) is 40.8 Å². The Morgan fingerprint density at radius 3 is 2.63 bits per heavy atom. The van der Waals surface area contributed by atoms with E-state index >= 15 is 0 Å². The van der Waals surface area contributed by atoms with Gasteiger partial charge in [0, 0.05) is 15.9 Å². The summed E-state index contributed by atoms with van der Waals surface area (Å²) in [7, 11) is 0. The summed E-state index contributed by atoms with van der Waals surface area (Å²) in [6.07, 6.45) is 8.01. The number of rotatable bonds is 2. The van der Waals surface area contributed by atoms with Gasteiger partial charge in [-0.25, -0.2) is 0 Å².